The first-order valence-corrected chi connectivity index (χ1v) is 7.21. The fourth-order valence-corrected chi connectivity index (χ4v) is 2.89. The van der Waals surface area contributed by atoms with E-state index in [9.17, 15) is 4.79 Å². The molecule has 1 aromatic carbocycles. The first-order valence-electron chi connectivity index (χ1n) is 7.21. The highest BCUT2D eigenvalue weighted by Gasteiger charge is 2.22. The van der Waals surface area contributed by atoms with Gasteiger partial charge in [0, 0.05) is 43.9 Å². The average Bonchev–Trinajstić information content (AvgIpc) is 3.03. The fourth-order valence-electron chi connectivity index (χ4n) is 2.89. The summed E-state index contributed by atoms with van der Waals surface area (Å²) in [7, 11) is 0. The van der Waals surface area contributed by atoms with E-state index in [0.717, 1.165) is 29.7 Å². The van der Waals surface area contributed by atoms with Crippen molar-refractivity contribution in [3.05, 3.63) is 24.3 Å². The molecular formula is C14H15N7O. The predicted octanol–water partition coefficient (Wildman–Crippen LogP) is 0.341. The molecule has 22 heavy (non-hydrogen) atoms. The molecule has 0 bridgehead atoms. The van der Waals surface area contributed by atoms with Crippen molar-refractivity contribution in [2.45, 2.75) is 6.92 Å². The quantitative estimate of drug-likeness (QED) is 0.644. The van der Waals surface area contributed by atoms with Gasteiger partial charge in [-0.25, -0.2) is 0 Å². The molecule has 1 aliphatic rings. The van der Waals surface area contributed by atoms with Gasteiger partial charge in [-0.2, -0.15) is 0 Å². The van der Waals surface area contributed by atoms with Crippen LogP contribution in [0.15, 0.2) is 24.3 Å². The van der Waals surface area contributed by atoms with Gasteiger partial charge in [-0.1, -0.05) is 24.3 Å². The molecule has 3 aromatic rings. The summed E-state index contributed by atoms with van der Waals surface area (Å²) in [5.41, 5.74) is 0.654. The molecule has 0 saturated carbocycles. The van der Waals surface area contributed by atoms with Gasteiger partial charge in [0.1, 0.15) is 0 Å². The van der Waals surface area contributed by atoms with Crippen LogP contribution in [0.3, 0.4) is 0 Å². The average molecular weight is 297 g/mol. The number of hydrogen-bond donors (Lipinski definition) is 0. The number of piperazine rings is 1. The summed E-state index contributed by atoms with van der Waals surface area (Å²) in [5, 5.41) is 18.2. The zero-order valence-electron chi connectivity index (χ0n) is 12.2. The number of hydrogen-bond acceptors (Lipinski definition) is 6. The van der Waals surface area contributed by atoms with E-state index in [1.807, 2.05) is 29.2 Å². The van der Waals surface area contributed by atoms with E-state index < -0.39 is 0 Å². The molecular weight excluding hydrogens is 282 g/mol. The number of rotatable bonds is 1. The number of anilines is 1. The van der Waals surface area contributed by atoms with E-state index in [-0.39, 0.29) is 5.91 Å². The molecule has 1 amide bonds. The van der Waals surface area contributed by atoms with E-state index in [2.05, 4.69) is 25.5 Å². The van der Waals surface area contributed by atoms with Gasteiger partial charge in [-0.3, -0.25) is 4.79 Å². The molecule has 1 aliphatic heterocycles. The number of fused-ring (bicyclic) bond motifs is 3. The van der Waals surface area contributed by atoms with Crippen LogP contribution < -0.4 is 4.90 Å². The molecule has 0 radical (unpaired) electrons. The highest BCUT2D eigenvalue weighted by Crippen LogP contribution is 2.27. The Bertz CT molecular complexity index is 851. The Morgan fingerprint density at radius 2 is 1.82 bits per heavy atom. The first kappa shape index (κ1) is 12.9. The highest BCUT2D eigenvalue weighted by atomic mass is 16.2. The smallest absolute Gasteiger partial charge is 0.219 e. The van der Waals surface area contributed by atoms with Gasteiger partial charge in [0.2, 0.25) is 11.6 Å². The van der Waals surface area contributed by atoms with Crippen LogP contribution in [-0.4, -0.2) is 62.2 Å². The summed E-state index contributed by atoms with van der Waals surface area (Å²) in [6.07, 6.45) is 0. The number of carbonyl (C=O) groups is 1. The molecule has 1 saturated heterocycles. The Kier molecular flexibility index (Phi) is 2.88. The number of amides is 1. The van der Waals surface area contributed by atoms with E-state index in [4.69, 9.17) is 0 Å². The van der Waals surface area contributed by atoms with Gasteiger partial charge in [0.25, 0.3) is 0 Å². The second-order valence-corrected chi connectivity index (χ2v) is 5.35. The minimum Gasteiger partial charge on any atom is -0.351 e. The van der Waals surface area contributed by atoms with Crippen LogP contribution >= 0.6 is 0 Å². The largest absolute Gasteiger partial charge is 0.351 e. The molecule has 0 N–H and O–H groups in total. The van der Waals surface area contributed by atoms with Crippen molar-refractivity contribution >= 4 is 28.1 Å². The summed E-state index contributed by atoms with van der Waals surface area (Å²) < 4.78 is 1.47. The van der Waals surface area contributed by atoms with Crippen molar-refractivity contribution in [1.29, 1.82) is 0 Å². The van der Waals surface area contributed by atoms with Gasteiger partial charge in [0.05, 0.1) is 0 Å². The molecule has 8 nitrogen and oxygen atoms in total. The Morgan fingerprint density at radius 3 is 2.55 bits per heavy atom. The highest BCUT2D eigenvalue weighted by molar-refractivity contribution is 5.99. The van der Waals surface area contributed by atoms with Crippen LogP contribution in [0.5, 0.6) is 0 Å². The Balaban J connectivity index is 1.79. The maximum absolute atomic E-state index is 11.5. The Labute approximate surface area is 126 Å². The third-order valence-corrected chi connectivity index (χ3v) is 4.08. The lowest BCUT2D eigenvalue weighted by atomic mass is 10.1. The standard InChI is InChI=1S/C14H15N7O/c1-10(22)19-6-8-20(9-7-19)14-12-5-3-2-4-11(12)13-15-17-18-21(13)16-14/h2-5H,6-9H2,1H3. The predicted molar refractivity (Wildman–Crippen MR) is 80.6 cm³/mol. The van der Waals surface area contributed by atoms with Crippen molar-refractivity contribution < 1.29 is 4.79 Å². The van der Waals surface area contributed by atoms with Crippen LogP contribution in [0.25, 0.3) is 16.4 Å². The number of aromatic nitrogens is 5. The van der Waals surface area contributed by atoms with E-state index in [1.54, 1.807) is 6.92 Å². The molecule has 0 atom stereocenters. The van der Waals surface area contributed by atoms with E-state index in [1.165, 1.54) is 4.63 Å². The van der Waals surface area contributed by atoms with Gasteiger partial charge in [0.15, 0.2) is 5.82 Å². The van der Waals surface area contributed by atoms with Gasteiger partial charge in [-0.05, 0) is 10.4 Å². The van der Waals surface area contributed by atoms with Crippen molar-refractivity contribution in [2.75, 3.05) is 31.1 Å². The maximum atomic E-state index is 11.5. The van der Waals surface area contributed by atoms with E-state index >= 15 is 0 Å². The van der Waals surface area contributed by atoms with Crippen molar-refractivity contribution in [3.63, 3.8) is 0 Å². The summed E-state index contributed by atoms with van der Waals surface area (Å²) in [4.78, 5) is 15.5. The lowest BCUT2D eigenvalue weighted by molar-refractivity contribution is -0.129. The first-order chi connectivity index (χ1) is 10.7. The zero-order chi connectivity index (χ0) is 15.1. The van der Waals surface area contributed by atoms with Crippen LogP contribution in [0, 0.1) is 0 Å². The Morgan fingerprint density at radius 1 is 1.09 bits per heavy atom. The van der Waals surface area contributed by atoms with Crippen molar-refractivity contribution in [2.24, 2.45) is 0 Å². The minimum absolute atomic E-state index is 0.119. The topological polar surface area (TPSA) is 79.5 Å². The summed E-state index contributed by atoms with van der Waals surface area (Å²) >= 11 is 0. The number of benzene rings is 1. The third-order valence-electron chi connectivity index (χ3n) is 4.08. The fraction of sp³-hybridized carbons (Fsp3) is 0.357. The molecule has 0 aliphatic carbocycles. The van der Waals surface area contributed by atoms with Crippen LogP contribution in [0.2, 0.25) is 0 Å². The molecule has 0 unspecified atom stereocenters. The van der Waals surface area contributed by atoms with Gasteiger partial charge < -0.3 is 9.80 Å². The van der Waals surface area contributed by atoms with Gasteiger partial charge >= 0.3 is 0 Å². The summed E-state index contributed by atoms with van der Waals surface area (Å²) in [6.45, 7) is 4.53. The number of carbonyl (C=O) groups excluding carboxylic acids is 1. The van der Waals surface area contributed by atoms with Gasteiger partial charge in [-0.15, -0.1) is 14.8 Å². The SMILES string of the molecule is CC(=O)N1CCN(c2nn3nnnc3c3ccccc23)CC1. The number of tetrazole rings is 1. The maximum Gasteiger partial charge on any atom is 0.219 e. The third kappa shape index (κ3) is 1.95. The van der Waals surface area contributed by atoms with Crippen LogP contribution in [0.4, 0.5) is 5.82 Å². The molecule has 8 heteroatoms. The van der Waals surface area contributed by atoms with E-state index in [0.29, 0.717) is 18.7 Å². The second kappa shape index (κ2) is 4.90. The monoisotopic (exact) mass is 297 g/mol. The molecule has 1 fully saturated rings. The van der Waals surface area contributed by atoms with Crippen LogP contribution in [-0.2, 0) is 4.79 Å². The lowest BCUT2D eigenvalue weighted by Crippen LogP contribution is -2.48. The Hall–Kier alpha value is -2.77. The molecule has 0 spiro atoms. The molecule has 4 rings (SSSR count). The molecule has 2 aromatic heterocycles. The minimum atomic E-state index is 0.119. The number of nitrogens with zero attached hydrogens (tertiary/aromatic N) is 7. The summed E-state index contributed by atoms with van der Waals surface area (Å²) in [5.74, 6) is 0.979. The van der Waals surface area contributed by atoms with Crippen molar-refractivity contribution in [3.8, 4) is 0 Å². The molecule has 3 heterocycles. The lowest BCUT2D eigenvalue weighted by Gasteiger charge is -2.35. The normalized spacial score (nSPS) is 15.7. The summed E-state index contributed by atoms with van der Waals surface area (Å²) in [6, 6.07) is 7.98. The second-order valence-electron chi connectivity index (χ2n) is 5.35. The van der Waals surface area contributed by atoms with Crippen LogP contribution in [0.1, 0.15) is 6.92 Å². The zero-order valence-corrected chi connectivity index (χ0v) is 12.2. The molecule has 112 valence electrons. The van der Waals surface area contributed by atoms with Crippen molar-refractivity contribution in [1.82, 2.24) is 30.2 Å².